The molecule has 2 heterocycles. The van der Waals surface area contributed by atoms with Crippen LogP contribution >= 0.6 is 11.6 Å². The molecule has 0 unspecified atom stereocenters. The number of nitrogens with one attached hydrogen (secondary N) is 2. The lowest BCUT2D eigenvalue weighted by atomic mass is 10.2. The van der Waals surface area contributed by atoms with E-state index in [-0.39, 0.29) is 12.7 Å². The summed E-state index contributed by atoms with van der Waals surface area (Å²) in [5.41, 5.74) is 2.03. The van der Waals surface area contributed by atoms with Gasteiger partial charge in [0.1, 0.15) is 5.82 Å². The Labute approximate surface area is 154 Å². The van der Waals surface area contributed by atoms with Crippen LogP contribution in [0, 0.1) is 0 Å². The zero-order chi connectivity index (χ0) is 17.9. The molecule has 130 valence electrons. The molecule has 0 atom stereocenters. The number of halogens is 1. The maximum absolute atomic E-state index is 12.2. The summed E-state index contributed by atoms with van der Waals surface area (Å²) < 4.78 is 10.6. The lowest BCUT2D eigenvalue weighted by molar-refractivity contribution is 0.102. The fourth-order valence-electron chi connectivity index (χ4n) is 2.51. The Hall–Kier alpha value is -3.25. The van der Waals surface area contributed by atoms with Crippen molar-refractivity contribution in [2.24, 2.45) is 0 Å². The minimum Gasteiger partial charge on any atom is -0.454 e. The van der Waals surface area contributed by atoms with E-state index in [1.165, 1.54) is 0 Å². The number of carbonyl (C=O) groups is 1. The van der Waals surface area contributed by atoms with Gasteiger partial charge in [-0.15, -0.1) is 0 Å². The molecule has 0 saturated heterocycles. The number of fused-ring (bicyclic) bond motifs is 1. The molecular formula is C19H14ClN3O3. The Balaban J connectivity index is 1.44. The number of hydrogen-bond acceptors (Lipinski definition) is 5. The molecule has 0 radical (unpaired) electrons. The van der Waals surface area contributed by atoms with E-state index in [0.29, 0.717) is 22.2 Å². The smallest absolute Gasteiger partial charge is 0.258 e. The SMILES string of the molecule is O=C(Nc1ccc(Nc2ccc3c(c2)OCO3)cn1)c1ccccc1Cl. The summed E-state index contributed by atoms with van der Waals surface area (Å²) in [6, 6.07) is 16.0. The van der Waals surface area contributed by atoms with E-state index in [4.69, 9.17) is 21.1 Å². The summed E-state index contributed by atoms with van der Waals surface area (Å²) in [6.07, 6.45) is 1.63. The molecule has 1 aromatic heterocycles. The van der Waals surface area contributed by atoms with Crippen LogP contribution in [0.5, 0.6) is 11.5 Å². The Morgan fingerprint density at radius 1 is 1.00 bits per heavy atom. The number of hydrogen-bond donors (Lipinski definition) is 2. The molecule has 0 spiro atoms. The zero-order valence-corrected chi connectivity index (χ0v) is 14.3. The van der Waals surface area contributed by atoms with Crippen molar-refractivity contribution >= 4 is 34.7 Å². The van der Waals surface area contributed by atoms with Crippen molar-refractivity contribution in [1.29, 1.82) is 0 Å². The average molecular weight is 368 g/mol. The molecule has 0 fully saturated rings. The standard InChI is InChI=1S/C19H14ClN3O3/c20-15-4-2-1-3-14(15)19(24)23-18-8-6-13(10-21-18)22-12-5-7-16-17(9-12)26-11-25-16/h1-10,22H,11H2,(H,21,23,24). The van der Waals surface area contributed by atoms with Gasteiger partial charge in [-0.2, -0.15) is 0 Å². The highest BCUT2D eigenvalue weighted by atomic mass is 35.5. The molecule has 0 aliphatic carbocycles. The van der Waals surface area contributed by atoms with Gasteiger partial charge in [0.2, 0.25) is 6.79 Å². The molecule has 0 bridgehead atoms. The van der Waals surface area contributed by atoms with E-state index >= 15 is 0 Å². The number of benzene rings is 2. The van der Waals surface area contributed by atoms with E-state index in [9.17, 15) is 4.79 Å². The number of amides is 1. The second-order valence-corrected chi connectivity index (χ2v) is 5.97. The average Bonchev–Trinajstić information content (AvgIpc) is 3.11. The summed E-state index contributed by atoms with van der Waals surface area (Å²) in [7, 11) is 0. The van der Waals surface area contributed by atoms with Crippen LogP contribution < -0.4 is 20.1 Å². The first-order valence-corrected chi connectivity index (χ1v) is 8.25. The molecule has 4 rings (SSSR count). The van der Waals surface area contributed by atoms with E-state index in [1.807, 2.05) is 24.3 Å². The second kappa shape index (κ2) is 6.93. The van der Waals surface area contributed by atoms with Gasteiger partial charge in [0.05, 0.1) is 22.5 Å². The van der Waals surface area contributed by atoms with E-state index < -0.39 is 0 Å². The molecule has 2 aromatic carbocycles. The normalized spacial score (nSPS) is 11.9. The fraction of sp³-hybridized carbons (Fsp3) is 0.0526. The highest BCUT2D eigenvalue weighted by Gasteiger charge is 2.13. The van der Waals surface area contributed by atoms with Gasteiger partial charge in [-0.25, -0.2) is 4.98 Å². The molecule has 1 aliphatic heterocycles. The number of carbonyl (C=O) groups excluding carboxylic acids is 1. The Kier molecular flexibility index (Phi) is 4.33. The largest absolute Gasteiger partial charge is 0.454 e. The van der Waals surface area contributed by atoms with E-state index in [0.717, 1.165) is 17.1 Å². The molecule has 1 aliphatic rings. The lowest BCUT2D eigenvalue weighted by Crippen LogP contribution is -2.13. The molecule has 2 N–H and O–H groups in total. The van der Waals surface area contributed by atoms with Crippen molar-refractivity contribution in [3.8, 4) is 11.5 Å². The molecule has 0 saturated carbocycles. The summed E-state index contributed by atoms with van der Waals surface area (Å²) in [6.45, 7) is 0.236. The first-order chi connectivity index (χ1) is 12.7. The highest BCUT2D eigenvalue weighted by molar-refractivity contribution is 6.34. The summed E-state index contributed by atoms with van der Waals surface area (Å²) >= 11 is 6.03. The first-order valence-electron chi connectivity index (χ1n) is 7.88. The van der Waals surface area contributed by atoms with Crippen LogP contribution in [0.4, 0.5) is 17.2 Å². The Morgan fingerprint density at radius 2 is 1.81 bits per heavy atom. The first kappa shape index (κ1) is 16.2. The van der Waals surface area contributed by atoms with E-state index in [1.54, 1.807) is 36.5 Å². The van der Waals surface area contributed by atoms with Gasteiger partial charge in [0.15, 0.2) is 11.5 Å². The summed E-state index contributed by atoms with van der Waals surface area (Å²) in [5, 5.41) is 6.34. The van der Waals surface area contributed by atoms with Crippen LogP contribution in [0.2, 0.25) is 5.02 Å². The monoisotopic (exact) mass is 367 g/mol. The molecule has 1 amide bonds. The van der Waals surface area contributed by atoms with Gasteiger partial charge in [-0.05, 0) is 36.4 Å². The van der Waals surface area contributed by atoms with Gasteiger partial charge < -0.3 is 20.1 Å². The molecular weight excluding hydrogens is 354 g/mol. The third-order valence-corrected chi connectivity index (χ3v) is 4.11. The fourth-order valence-corrected chi connectivity index (χ4v) is 2.73. The zero-order valence-electron chi connectivity index (χ0n) is 13.5. The van der Waals surface area contributed by atoms with Gasteiger partial charge in [0.25, 0.3) is 5.91 Å². The van der Waals surface area contributed by atoms with Gasteiger partial charge in [-0.1, -0.05) is 23.7 Å². The van der Waals surface area contributed by atoms with Crippen LogP contribution in [0.1, 0.15) is 10.4 Å². The second-order valence-electron chi connectivity index (χ2n) is 5.56. The maximum atomic E-state index is 12.2. The van der Waals surface area contributed by atoms with Crippen molar-refractivity contribution in [3.63, 3.8) is 0 Å². The van der Waals surface area contributed by atoms with Crippen molar-refractivity contribution < 1.29 is 14.3 Å². The number of pyridine rings is 1. The third-order valence-electron chi connectivity index (χ3n) is 3.78. The molecule has 26 heavy (non-hydrogen) atoms. The van der Waals surface area contributed by atoms with Crippen LogP contribution in [-0.4, -0.2) is 17.7 Å². The molecule has 3 aromatic rings. The molecule has 7 heteroatoms. The number of nitrogens with zero attached hydrogens (tertiary/aromatic N) is 1. The highest BCUT2D eigenvalue weighted by Crippen LogP contribution is 2.35. The Morgan fingerprint density at radius 3 is 2.62 bits per heavy atom. The predicted molar refractivity (Wildman–Crippen MR) is 99.5 cm³/mol. The van der Waals surface area contributed by atoms with Gasteiger partial charge in [0, 0.05) is 11.8 Å². The minimum atomic E-state index is -0.306. The lowest BCUT2D eigenvalue weighted by Gasteiger charge is -2.09. The number of rotatable bonds is 4. The Bertz CT molecular complexity index is 960. The summed E-state index contributed by atoms with van der Waals surface area (Å²) in [5.74, 6) is 1.56. The van der Waals surface area contributed by atoms with Gasteiger partial charge >= 0.3 is 0 Å². The van der Waals surface area contributed by atoms with Crippen molar-refractivity contribution in [2.45, 2.75) is 0 Å². The maximum Gasteiger partial charge on any atom is 0.258 e. The van der Waals surface area contributed by atoms with E-state index in [2.05, 4.69) is 15.6 Å². The number of ether oxygens (including phenoxy) is 2. The topological polar surface area (TPSA) is 72.5 Å². The van der Waals surface area contributed by atoms with Crippen molar-refractivity contribution in [2.75, 3.05) is 17.4 Å². The minimum absolute atomic E-state index is 0.236. The number of aromatic nitrogens is 1. The molecule has 6 nitrogen and oxygen atoms in total. The van der Waals surface area contributed by atoms with Crippen molar-refractivity contribution in [1.82, 2.24) is 4.98 Å². The number of anilines is 3. The van der Waals surface area contributed by atoms with Gasteiger partial charge in [-0.3, -0.25) is 4.79 Å². The predicted octanol–water partition coefficient (Wildman–Crippen LogP) is 4.46. The van der Waals surface area contributed by atoms with Crippen molar-refractivity contribution in [3.05, 3.63) is 71.4 Å². The van der Waals surface area contributed by atoms with Crippen LogP contribution in [0.25, 0.3) is 0 Å². The van der Waals surface area contributed by atoms with Crippen LogP contribution in [-0.2, 0) is 0 Å². The quantitative estimate of drug-likeness (QED) is 0.712. The van der Waals surface area contributed by atoms with Crippen LogP contribution in [0.3, 0.4) is 0 Å². The third kappa shape index (κ3) is 3.41. The van der Waals surface area contributed by atoms with Crippen LogP contribution in [0.15, 0.2) is 60.8 Å². The summed E-state index contributed by atoms with van der Waals surface area (Å²) in [4.78, 5) is 16.5.